The fourth-order valence-electron chi connectivity index (χ4n) is 1.85. The average molecular weight is 292 g/mol. The molecule has 2 aromatic rings. The number of nitrogens with one attached hydrogen (secondary N) is 1. The van der Waals surface area contributed by atoms with Gasteiger partial charge >= 0.3 is 0 Å². The van der Waals surface area contributed by atoms with Gasteiger partial charge < -0.3 is 5.32 Å². The summed E-state index contributed by atoms with van der Waals surface area (Å²) < 4.78 is 1.09. The molecule has 3 nitrogen and oxygen atoms in total. The second-order valence-corrected chi connectivity index (χ2v) is 4.77. The molecule has 0 aliphatic rings. The second kappa shape index (κ2) is 5.38. The molecule has 1 heterocycles. The van der Waals surface area contributed by atoms with Crippen LogP contribution in [0, 0.1) is 6.92 Å². The smallest absolute Gasteiger partial charge is 0.115 e. The van der Waals surface area contributed by atoms with Gasteiger partial charge in [0, 0.05) is 22.4 Å². The first-order chi connectivity index (χ1) is 8.22. The van der Waals surface area contributed by atoms with E-state index in [1.54, 1.807) is 6.33 Å². The van der Waals surface area contributed by atoms with Crippen LogP contribution < -0.4 is 5.32 Å². The van der Waals surface area contributed by atoms with E-state index in [2.05, 4.69) is 56.3 Å². The van der Waals surface area contributed by atoms with Crippen LogP contribution in [-0.2, 0) is 0 Å². The first kappa shape index (κ1) is 12.2. The van der Waals surface area contributed by atoms with Crippen LogP contribution >= 0.6 is 15.9 Å². The Morgan fingerprint density at radius 3 is 2.59 bits per heavy atom. The monoisotopic (exact) mass is 291 g/mol. The Labute approximate surface area is 109 Å². The molecule has 0 bridgehead atoms. The van der Waals surface area contributed by atoms with E-state index in [9.17, 15) is 0 Å². The lowest BCUT2D eigenvalue weighted by Crippen LogP contribution is -2.18. The Balaban J connectivity index is 2.46. The Morgan fingerprint density at radius 1 is 1.24 bits per heavy atom. The molecule has 1 atom stereocenters. The van der Waals surface area contributed by atoms with Crippen molar-refractivity contribution >= 4 is 15.9 Å². The lowest BCUT2D eigenvalue weighted by molar-refractivity contribution is 0.681. The number of nitrogens with zero attached hydrogens (tertiary/aromatic N) is 2. The predicted molar refractivity (Wildman–Crippen MR) is 71.8 cm³/mol. The minimum atomic E-state index is 0.102. The molecule has 0 saturated heterocycles. The molecule has 1 unspecified atom stereocenters. The highest BCUT2D eigenvalue weighted by Crippen LogP contribution is 2.28. The summed E-state index contributed by atoms with van der Waals surface area (Å²) in [7, 11) is 1.94. The maximum atomic E-state index is 4.06. The summed E-state index contributed by atoms with van der Waals surface area (Å²) in [5, 5.41) is 3.29. The maximum absolute atomic E-state index is 4.06. The molecule has 1 aromatic carbocycles. The van der Waals surface area contributed by atoms with E-state index in [0.29, 0.717) is 0 Å². The first-order valence-electron chi connectivity index (χ1n) is 5.40. The Hall–Kier alpha value is -1.26. The second-order valence-electron chi connectivity index (χ2n) is 3.92. The van der Waals surface area contributed by atoms with E-state index in [4.69, 9.17) is 0 Å². The van der Waals surface area contributed by atoms with E-state index >= 15 is 0 Å². The molecule has 88 valence electrons. The highest BCUT2D eigenvalue weighted by atomic mass is 79.9. The molecule has 0 aliphatic heterocycles. The van der Waals surface area contributed by atoms with Crippen LogP contribution in [0.25, 0.3) is 0 Å². The van der Waals surface area contributed by atoms with Crippen molar-refractivity contribution in [1.82, 2.24) is 15.3 Å². The highest BCUT2D eigenvalue weighted by molar-refractivity contribution is 9.10. The van der Waals surface area contributed by atoms with Gasteiger partial charge in [0.2, 0.25) is 0 Å². The zero-order valence-corrected chi connectivity index (χ0v) is 11.4. The summed E-state index contributed by atoms with van der Waals surface area (Å²) in [6, 6.07) is 6.42. The quantitative estimate of drug-likeness (QED) is 0.945. The van der Waals surface area contributed by atoms with Gasteiger partial charge in [0.1, 0.15) is 6.33 Å². The van der Waals surface area contributed by atoms with Gasteiger partial charge in [-0.3, -0.25) is 0 Å². The summed E-state index contributed by atoms with van der Waals surface area (Å²) >= 11 is 3.59. The van der Waals surface area contributed by atoms with Gasteiger partial charge in [0.15, 0.2) is 0 Å². The van der Waals surface area contributed by atoms with Gasteiger partial charge in [-0.05, 0) is 25.6 Å². The van der Waals surface area contributed by atoms with E-state index in [-0.39, 0.29) is 6.04 Å². The van der Waals surface area contributed by atoms with E-state index in [1.807, 2.05) is 19.4 Å². The molecule has 0 amide bonds. The summed E-state index contributed by atoms with van der Waals surface area (Å²) in [4.78, 5) is 8.13. The topological polar surface area (TPSA) is 37.8 Å². The van der Waals surface area contributed by atoms with Gasteiger partial charge in [-0.25, -0.2) is 9.97 Å². The number of hydrogen-bond donors (Lipinski definition) is 1. The summed E-state index contributed by atoms with van der Waals surface area (Å²) in [6.07, 6.45) is 5.22. The van der Waals surface area contributed by atoms with Crippen molar-refractivity contribution in [3.8, 4) is 0 Å². The molecule has 0 aliphatic carbocycles. The molecule has 1 aromatic heterocycles. The minimum absolute atomic E-state index is 0.102. The average Bonchev–Trinajstić information content (AvgIpc) is 2.36. The third kappa shape index (κ3) is 2.70. The molecule has 17 heavy (non-hydrogen) atoms. The number of aromatic nitrogens is 2. The molecule has 4 heteroatoms. The zero-order chi connectivity index (χ0) is 12.3. The maximum Gasteiger partial charge on any atom is 0.115 e. The normalized spacial score (nSPS) is 12.4. The van der Waals surface area contributed by atoms with Gasteiger partial charge in [0.05, 0.1) is 6.04 Å². The third-order valence-electron chi connectivity index (χ3n) is 2.67. The molecule has 0 fully saturated rings. The third-order valence-corrected chi connectivity index (χ3v) is 3.39. The standard InChI is InChI=1S/C13H14BrN3/c1-9-3-4-12(14)11(5-9)13(15-2)10-6-16-8-17-7-10/h3-8,13,15H,1-2H3. The number of benzene rings is 1. The van der Waals surface area contributed by atoms with Crippen molar-refractivity contribution in [1.29, 1.82) is 0 Å². The molecule has 0 spiro atoms. The predicted octanol–water partition coefficient (Wildman–Crippen LogP) is 2.86. The van der Waals surface area contributed by atoms with Crippen molar-refractivity contribution in [2.45, 2.75) is 13.0 Å². The molecule has 2 rings (SSSR count). The van der Waals surface area contributed by atoms with Gasteiger partial charge in [-0.1, -0.05) is 33.6 Å². The summed E-state index contributed by atoms with van der Waals surface area (Å²) in [5.41, 5.74) is 3.49. The van der Waals surface area contributed by atoms with E-state index in [1.165, 1.54) is 11.1 Å². The molecular formula is C13H14BrN3. The number of hydrogen-bond acceptors (Lipinski definition) is 3. The SMILES string of the molecule is CNC(c1cncnc1)c1cc(C)ccc1Br. The molecule has 0 radical (unpaired) electrons. The van der Waals surface area contributed by atoms with Crippen LogP contribution in [0.1, 0.15) is 22.7 Å². The van der Waals surface area contributed by atoms with Crippen molar-refractivity contribution in [2.24, 2.45) is 0 Å². The van der Waals surface area contributed by atoms with Crippen LogP contribution in [0.3, 0.4) is 0 Å². The highest BCUT2D eigenvalue weighted by Gasteiger charge is 2.15. The van der Waals surface area contributed by atoms with E-state index < -0.39 is 0 Å². The Morgan fingerprint density at radius 2 is 1.94 bits per heavy atom. The van der Waals surface area contributed by atoms with Gasteiger partial charge in [0.25, 0.3) is 0 Å². The lowest BCUT2D eigenvalue weighted by Gasteiger charge is -2.18. The number of rotatable bonds is 3. The Kier molecular flexibility index (Phi) is 3.86. The lowest BCUT2D eigenvalue weighted by atomic mass is 10.00. The summed E-state index contributed by atoms with van der Waals surface area (Å²) in [6.45, 7) is 2.09. The largest absolute Gasteiger partial charge is 0.309 e. The van der Waals surface area contributed by atoms with E-state index in [0.717, 1.165) is 10.0 Å². The van der Waals surface area contributed by atoms with Crippen molar-refractivity contribution in [3.63, 3.8) is 0 Å². The van der Waals surface area contributed by atoms with Crippen molar-refractivity contribution < 1.29 is 0 Å². The fourth-order valence-corrected chi connectivity index (χ4v) is 2.32. The van der Waals surface area contributed by atoms with Gasteiger partial charge in [-0.2, -0.15) is 0 Å². The number of aryl methyl sites for hydroxylation is 1. The first-order valence-corrected chi connectivity index (χ1v) is 6.20. The molecular weight excluding hydrogens is 278 g/mol. The van der Waals surface area contributed by atoms with Crippen LogP contribution in [0.5, 0.6) is 0 Å². The van der Waals surface area contributed by atoms with Gasteiger partial charge in [-0.15, -0.1) is 0 Å². The zero-order valence-electron chi connectivity index (χ0n) is 9.81. The van der Waals surface area contributed by atoms with Crippen LogP contribution in [0.2, 0.25) is 0 Å². The molecule has 1 N–H and O–H groups in total. The minimum Gasteiger partial charge on any atom is -0.309 e. The van der Waals surface area contributed by atoms with Crippen LogP contribution in [0.15, 0.2) is 41.4 Å². The number of halogens is 1. The van der Waals surface area contributed by atoms with Crippen LogP contribution in [-0.4, -0.2) is 17.0 Å². The van der Waals surface area contributed by atoms with Crippen molar-refractivity contribution in [2.75, 3.05) is 7.05 Å². The van der Waals surface area contributed by atoms with Crippen LogP contribution in [0.4, 0.5) is 0 Å². The summed E-state index contributed by atoms with van der Waals surface area (Å²) in [5.74, 6) is 0. The molecule has 0 saturated carbocycles. The van der Waals surface area contributed by atoms with Crippen molar-refractivity contribution in [3.05, 3.63) is 58.1 Å². The Bertz CT molecular complexity index is 499. The fraction of sp³-hybridized carbons (Fsp3) is 0.231.